The largest absolute Gasteiger partial charge is 0.491 e. The van der Waals surface area contributed by atoms with Crippen molar-refractivity contribution in [3.8, 4) is 5.75 Å². The van der Waals surface area contributed by atoms with Gasteiger partial charge in [-0.05, 0) is 55.3 Å². The van der Waals surface area contributed by atoms with Gasteiger partial charge >= 0.3 is 0 Å². The summed E-state index contributed by atoms with van der Waals surface area (Å²) in [6.45, 7) is 6.27. The van der Waals surface area contributed by atoms with Crippen LogP contribution in [0.15, 0.2) is 42.5 Å². The third kappa shape index (κ3) is 5.80. The Morgan fingerprint density at radius 2 is 1.88 bits per heavy atom. The van der Waals surface area contributed by atoms with E-state index in [4.69, 9.17) is 4.74 Å². The van der Waals surface area contributed by atoms with Crippen LogP contribution in [0.5, 0.6) is 5.75 Å². The van der Waals surface area contributed by atoms with Crippen LogP contribution in [0.2, 0.25) is 0 Å². The average molecular weight is 342 g/mol. The van der Waals surface area contributed by atoms with Crippen molar-refractivity contribution in [2.45, 2.75) is 26.9 Å². The van der Waals surface area contributed by atoms with Crippen LogP contribution >= 0.6 is 0 Å². The molecule has 1 amide bonds. The van der Waals surface area contributed by atoms with Crippen LogP contribution in [0.25, 0.3) is 0 Å². The third-order valence-corrected chi connectivity index (χ3v) is 3.88. The Morgan fingerprint density at radius 3 is 2.52 bits per heavy atom. The van der Waals surface area contributed by atoms with Crippen molar-refractivity contribution in [2.75, 3.05) is 30.4 Å². The first-order valence-electron chi connectivity index (χ1n) is 8.32. The third-order valence-electron chi connectivity index (χ3n) is 3.88. The summed E-state index contributed by atoms with van der Waals surface area (Å²) in [7, 11) is 1.97. The number of aryl methyl sites for hydroxylation is 2. The van der Waals surface area contributed by atoms with Gasteiger partial charge in [-0.2, -0.15) is 0 Å². The average Bonchev–Trinajstić information content (AvgIpc) is 2.56. The second-order valence-electron chi connectivity index (χ2n) is 6.34. The number of aliphatic hydroxyl groups excluding tert-OH is 1. The number of amides is 1. The zero-order chi connectivity index (χ0) is 18.4. The van der Waals surface area contributed by atoms with Crippen molar-refractivity contribution in [1.29, 1.82) is 0 Å². The molecule has 0 fully saturated rings. The molecule has 0 aliphatic rings. The van der Waals surface area contributed by atoms with Crippen molar-refractivity contribution < 1.29 is 14.6 Å². The van der Waals surface area contributed by atoms with Crippen molar-refractivity contribution >= 4 is 17.3 Å². The van der Waals surface area contributed by atoms with Gasteiger partial charge in [-0.3, -0.25) is 4.79 Å². The maximum Gasteiger partial charge on any atom is 0.221 e. The number of nitrogens with one attached hydrogen (secondary N) is 1. The lowest BCUT2D eigenvalue weighted by Crippen LogP contribution is -2.33. The predicted molar refractivity (Wildman–Crippen MR) is 101 cm³/mol. The van der Waals surface area contributed by atoms with E-state index >= 15 is 0 Å². The summed E-state index contributed by atoms with van der Waals surface area (Å²) in [4.78, 5) is 13.0. The molecular weight excluding hydrogens is 316 g/mol. The number of hydrogen-bond donors (Lipinski definition) is 2. The molecule has 0 radical (unpaired) electrons. The minimum Gasteiger partial charge on any atom is -0.491 e. The molecule has 2 aromatic rings. The van der Waals surface area contributed by atoms with Gasteiger partial charge in [-0.15, -0.1) is 0 Å². The zero-order valence-corrected chi connectivity index (χ0v) is 15.2. The van der Waals surface area contributed by atoms with Crippen LogP contribution in [0.1, 0.15) is 18.1 Å². The van der Waals surface area contributed by atoms with Gasteiger partial charge in [-0.25, -0.2) is 0 Å². The molecule has 5 heteroatoms. The molecule has 0 spiro atoms. The minimum absolute atomic E-state index is 0.112. The lowest BCUT2D eigenvalue weighted by Gasteiger charge is -2.25. The first kappa shape index (κ1) is 18.8. The molecule has 2 N–H and O–H groups in total. The number of carbonyl (C=O) groups is 1. The number of rotatable bonds is 7. The maximum absolute atomic E-state index is 11.0. The van der Waals surface area contributed by atoms with Crippen LogP contribution in [-0.2, 0) is 4.79 Å². The van der Waals surface area contributed by atoms with Crippen molar-refractivity contribution in [3.63, 3.8) is 0 Å². The highest BCUT2D eigenvalue weighted by molar-refractivity contribution is 5.88. The topological polar surface area (TPSA) is 61.8 Å². The number of carbonyl (C=O) groups excluding carboxylic acids is 1. The van der Waals surface area contributed by atoms with E-state index in [0.717, 1.165) is 11.4 Å². The summed E-state index contributed by atoms with van der Waals surface area (Å²) in [5.74, 6) is 0.543. The molecule has 1 unspecified atom stereocenters. The maximum atomic E-state index is 11.0. The highest BCUT2D eigenvalue weighted by Crippen LogP contribution is 2.21. The SMILES string of the molecule is CC(=O)Nc1ccc(OCC(O)CN(C)c2cc(C)ccc2C)cc1. The summed E-state index contributed by atoms with van der Waals surface area (Å²) in [6.07, 6.45) is -0.611. The summed E-state index contributed by atoms with van der Waals surface area (Å²) in [5.41, 5.74) is 4.20. The normalized spacial score (nSPS) is 11.7. The zero-order valence-electron chi connectivity index (χ0n) is 15.2. The number of ether oxygens (including phenoxy) is 1. The Kier molecular flexibility index (Phi) is 6.42. The van der Waals surface area contributed by atoms with E-state index in [1.807, 2.05) is 11.9 Å². The van der Waals surface area contributed by atoms with Crippen molar-refractivity contribution in [3.05, 3.63) is 53.6 Å². The van der Waals surface area contributed by atoms with Gasteiger partial charge in [0.25, 0.3) is 0 Å². The number of likely N-dealkylation sites (N-methyl/N-ethyl adjacent to an activating group) is 1. The smallest absolute Gasteiger partial charge is 0.221 e. The van der Waals surface area contributed by atoms with Crippen LogP contribution in [0, 0.1) is 13.8 Å². The molecule has 2 aromatic carbocycles. The molecule has 5 nitrogen and oxygen atoms in total. The standard InChI is InChI=1S/C20H26N2O3/c1-14-5-6-15(2)20(11-14)22(4)12-18(24)13-25-19-9-7-17(8-10-19)21-16(3)23/h5-11,18,24H,12-13H2,1-4H3,(H,21,23). The summed E-state index contributed by atoms with van der Waals surface area (Å²) >= 11 is 0. The molecule has 0 heterocycles. The van der Waals surface area contributed by atoms with Gasteiger partial charge in [-0.1, -0.05) is 12.1 Å². The van der Waals surface area contributed by atoms with Crippen LogP contribution in [-0.4, -0.2) is 37.3 Å². The first-order valence-corrected chi connectivity index (χ1v) is 8.32. The number of anilines is 2. The van der Waals surface area contributed by atoms with E-state index in [9.17, 15) is 9.90 Å². The van der Waals surface area contributed by atoms with Gasteiger partial charge in [0.2, 0.25) is 5.91 Å². The number of hydrogen-bond acceptors (Lipinski definition) is 4. The van der Waals surface area contributed by atoms with Gasteiger partial charge in [0.1, 0.15) is 18.5 Å². The van der Waals surface area contributed by atoms with E-state index in [2.05, 4.69) is 37.4 Å². The van der Waals surface area contributed by atoms with E-state index < -0.39 is 6.10 Å². The molecule has 0 saturated heterocycles. The fraction of sp³-hybridized carbons (Fsp3) is 0.350. The van der Waals surface area contributed by atoms with Gasteiger partial charge in [0.05, 0.1) is 0 Å². The molecule has 0 bridgehead atoms. The number of benzene rings is 2. The highest BCUT2D eigenvalue weighted by Gasteiger charge is 2.12. The molecule has 2 rings (SSSR count). The number of aliphatic hydroxyl groups is 1. The molecule has 0 saturated carbocycles. The Hall–Kier alpha value is -2.53. The monoisotopic (exact) mass is 342 g/mol. The van der Waals surface area contributed by atoms with Gasteiger partial charge in [0.15, 0.2) is 0 Å². The quantitative estimate of drug-likeness (QED) is 0.811. The summed E-state index contributed by atoms with van der Waals surface area (Å²) < 4.78 is 5.63. The summed E-state index contributed by atoms with van der Waals surface area (Å²) in [6, 6.07) is 13.4. The van der Waals surface area contributed by atoms with Crippen LogP contribution < -0.4 is 15.0 Å². The highest BCUT2D eigenvalue weighted by atomic mass is 16.5. The predicted octanol–water partition coefficient (Wildman–Crippen LogP) is 3.14. The number of nitrogens with zero attached hydrogens (tertiary/aromatic N) is 1. The van der Waals surface area contributed by atoms with E-state index in [1.54, 1.807) is 24.3 Å². The lowest BCUT2D eigenvalue weighted by atomic mass is 10.1. The van der Waals surface area contributed by atoms with Crippen molar-refractivity contribution in [2.24, 2.45) is 0 Å². The molecule has 0 aliphatic carbocycles. The van der Waals surface area contributed by atoms with E-state index in [1.165, 1.54) is 18.1 Å². The Bertz CT molecular complexity index is 713. The molecular formula is C20H26N2O3. The molecule has 0 aromatic heterocycles. The van der Waals surface area contributed by atoms with Crippen LogP contribution in [0.4, 0.5) is 11.4 Å². The molecule has 1 atom stereocenters. The second kappa shape index (κ2) is 8.53. The summed E-state index contributed by atoms with van der Waals surface area (Å²) in [5, 5.41) is 13.0. The lowest BCUT2D eigenvalue weighted by molar-refractivity contribution is -0.114. The minimum atomic E-state index is -0.611. The Balaban J connectivity index is 1.86. The molecule has 134 valence electrons. The Morgan fingerprint density at radius 1 is 1.20 bits per heavy atom. The Labute approximate surface area is 149 Å². The van der Waals surface area contributed by atoms with E-state index in [-0.39, 0.29) is 12.5 Å². The fourth-order valence-corrected chi connectivity index (χ4v) is 2.63. The second-order valence-corrected chi connectivity index (χ2v) is 6.34. The van der Waals surface area contributed by atoms with Crippen molar-refractivity contribution in [1.82, 2.24) is 0 Å². The van der Waals surface area contributed by atoms with Gasteiger partial charge < -0.3 is 20.1 Å². The van der Waals surface area contributed by atoms with Gasteiger partial charge in [0, 0.05) is 31.9 Å². The molecule has 0 aliphatic heterocycles. The van der Waals surface area contributed by atoms with E-state index in [0.29, 0.717) is 12.3 Å². The van der Waals surface area contributed by atoms with Crippen LogP contribution in [0.3, 0.4) is 0 Å². The fourth-order valence-electron chi connectivity index (χ4n) is 2.63. The molecule has 25 heavy (non-hydrogen) atoms. The first-order chi connectivity index (χ1) is 11.8.